The first-order valence-electron chi connectivity index (χ1n) is 8.57. The molecule has 28 heavy (non-hydrogen) atoms. The predicted octanol–water partition coefficient (Wildman–Crippen LogP) is 2.79. The largest absolute Gasteiger partial charge is 0.465 e. The molecular weight excluding hydrogens is 362 g/mol. The number of aryl methyl sites for hydroxylation is 1. The van der Waals surface area contributed by atoms with Crippen LogP contribution in [0.25, 0.3) is 11.5 Å². The van der Waals surface area contributed by atoms with Crippen molar-refractivity contribution in [3.05, 3.63) is 65.8 Å². The molecule has 1 aromatic carbocycles. The monoisotopic (exact) mass is 381 g/mol. The van der Waals surface area contributed by atoms with Gasteiger partial charge in [-0.1, -0.05) is 18.2 Å². The van der Waals surface area contributed by atoms with E-state index in [-0.39, 0.29) is 11.3 Å². The average molecular weight is 381 g/mol. The quantitative estimate of drug-likeness (QED) is 0.730. The van der Waals surface area contributed by atoms with E-state index < -0.39 is 11.9 Å². The van der Waals surface area contributed by atoms with Crippen molar-refractivity contribution < 1.29 is 23.6 Å². The summed E-state index contributed by atoms with van der Waals surface area (Å²) in [6.07, 6.45) is 7.20. The molecule has 0 aliphatic carbocycles. The van der Waals surface area contributed by atoms with Gasteiger partial charge in [-0.25, -0.2) is 9.59 Å². The highest BCUT2D eigenvalue weighted by Crippen LogP contribution is 2.28. The molecule has 0 amide bonds. The molecule has 0 fully saturated rings. The highest BCUT2D eigenvalue weighted by molar-refractivity contribution is 6.05. The van der Waals surface area contributed by atoms with Crippen LogP contribution in [0.3, 0.4) is 0 Å². The summed E-state index contributed by atoms with van der Waals surface area (Å²) in [5.74, 6) is -0.264. The molecule has 0 bridgehead atoms. The molecule has 0 radical (unpaired) electrons. The van der Waals surface area contributed by atoms with Gasteiger partial charge in [0.2, 0.25) is 0 Å². The standard InChI is InChI=1S/C20H19N3O5/c1-4-16-21-18(28-22-16)13-8-10-14(11-9-13)23-12-6-5-7-15(19(24)26-2)17(23)20(25)27-3/h5-12H,4H2,1-3H3. The summed E-state index contributed by atoms with van der Waals surface area (Å²) in [4.78, 5) is 30.5. The van der Waals surface area contributed by atoms with Gasteiger partial charge in [0.25, 0.3) is 5.89 Å². The highest BCUT2D eigenvalue weighted by atomic mass is 16.5. The van der Waals surface area contributed by atoms with E-state index in [9.17, 15) is 9.59 Å². The number of carbonyl (C=O) groups is 2. The molecule has 8 heteroatoms. The molecule has 1 aliphatic rings. The van der Waals surface area contributed by atoms with Crippen LogP contribution in [0.1, 0.15) is 12.7 Å². The van der Waals surface area contributed by atoms with Crippen LogP contribution in [0.5, 0.6) is 0 Å². The summed E-state index contributed by atoms with van der Waals surface area (Å²) in [5, 5.41) is 3.88. The number of anilines is 1. The van der Waals surface area contributed by atoms with Gasteiger partial charge in [0.05, 0.1) is 19.8 Å². The molecule has 0 saturated carbocycles. The first-order valence-corrected chi connectivity index (χ1v) is 8.57. The Morgan fingerprint density at radius 2 is 1.79 bits per heavy atom. The van der Waals surface area contributed by atoms with Crippen LogP contribution in [0.15, 0.2) is 64.5 Å². The maximum Gasteiger partial charge on any atom is 0.355 e. The van der Waals surface area contributed by atoms with Gasteiger partial charge in [0.15, 0.2) is 5.82 Å². The zero-order chi connectivity index (χ0) is 20.1. The van der Waals surface area contributed by atoms with Gasteiger partial charge >= 0.3 is 11.9 Å². The number of benzene rings is 1. The molecule has 2 heterocycles. The molecule has 0 N–H and O–H groups in total. The van der Waals surface area contributed by atoms with Crippen molar-refractivity contribution in [3.8, 4) is 11.5 Å². The second-order valence-electron chi connectivity index (χ2n) is 5.73. The van der Waals surface area contributed by atoms with E-state index in [4.69, 9.17) is 14.0 Å². The fourth-order valence-corrected chi connectivity index (χ4v) is 2.65. The number of ether oxygens (including phenoxy) is 2. The minimum Gasteiger partial charge on any atom is -0.465 e. The van der Waals surface area contributed by atoms with Gasteiger partial charge in [-0.3, -0.25) is 0 Å². The molecule has 0 spiro atoms. The average Bonchev–Trinajstić information content (AvgIpc) is 3.11. The minimum absolute atomic E-state index is 0.0539. The Kier molecular flexibility index (Phi) is 5.69. The van der Waals surface area contributed by atoms with Crippen LogP contribution in [0.4, 0.5) is 5.69 Å². The Hall–Kier alpha value is -3.68. The summed E-state index contributed by atoms with van der Waals surface area (Å²) in [6, 6.07) is 7.14. The van der Waals surface area contributed by atoms with Crippen molar-refractivity contribution >= 4 is 17.6 Å². The third-order valence-corrected chi connectivity index (χ3v) is 4.07. The minimum atomic E-state index is -0.662. The number of esters is 2. The number of hydrogen-bond donors (Lipinski definition) is 0. The lowest BCUT2D eigenvalue weighted by Gasteiger charge is -2.23. The van der Waals surface area contributed by atoms with Crippen LogP contribution in [0.2, 0.25) is 0 Å². The van der Waals surface area contributed by atoms with Crippen molar-refractivity contribution in [3.63, 3.8) is 0 Å². The number of aromatic nitrogens is 2. The fraction of sp³-hybridized carbons (Fsp3) is 0.200. The summed E-state index contributed by atoms with van der Waals surface area (Å²) >= 11 is 0. The summed E-state index contributed by atoms with van der Waals surface area (Å²) < 4.78 is 14.9. The molecule has 144 valence electrons. The first-order chi connectivity index (χ1) is 13.6. The molecule has 0 unspecified atom stereocenters. The van der Waals surface area contributed by atoms with E-state index in [2.05, 4.69) is 10.1 Å². The lowest BCUT2D eigenvalue weighted by molar-refractivity contribution is -0.139. The SMILES string of the molecule is CCc1noc(-c2ccc(N3C=CC=CC(C(=O)OC)=C3C(=O)OC)cc2)n1. The highest BCUT2D eigenvalue weighted by Gasteiger charge is 2.27. The molecule has 0 atom stereocenters. The van der Waals surface area contributed by atoms with Crippen LogP contribution < -0.4 is 4.90 Å². The Bertz CT molecular complexity index is 970. The maximum atomic E-state index is 12.4. The van der Waals surface area contributed by atoms with Crippen molar-refractivity contribution in [2.45, 2.75) is 13.3 Å². The number of carbonyl (C=O) groups excluding carboxylic acids is 2. The van der Waals surface area contributed by atoms with Crippen molar-refractivity contribution in [1.82, 2.24) is 10.1 Å². The Morgan fingerprint density at radius 1 is 1.07 bits per heavy atom. The van der Waals surface area contributed by atoms with Crippen molar-refractivity contribution in [2.24, 2.45) is 0 Å². The van der Waals surface area contributed by atoms with E-state index in [0.717, 1.165) is 5.56 Å². The normalized spacial score (nSPS) is 13.5. The Morgan fingerprint density at radius 3 is 2.39 bits per heavy atom. The molecule has 2 aromatic rings. The molecule has 8 nitrogen and oxygen atoms in total. The number of hydrogen-bond acceptors (Lipinski definition) is 8. The first kappa shape index (κ1) is 19.1. The Balaban J connectivity index is 2.02. The number of allylic oxidation sites excluding steroid dienone is 2. The Labute approximate surface area is 161 Å². The predicted molar refractivity (Wildman–Crippen MR) is 101 cm³/mol. The molecule has 1 aromatic heterocycles. The van der Waals surface area contributed by atoms with E-state index in [0.29, 0.717) is 23.8 Å². The third kappa shape index (κ3) is 3.71. The molecular formula is C20H19N3O5. The van der Waals surface area contributed by atoms with Crippen molar-refractivity contribution in [2.75, 3.05) is 19.1 Å². The topological polar surface area (TPSA) is 94.8 Å². The number of rotatable bonds is 5. The van der Waals surface area contributed by atoms with Gasteiger partial charge in [-0.2, -0.15) is 4.98 Å². The van der Waals surface area contributed by atoms with Gasteiger partial charge < -0.3 is 18.9 Å². The van der Waals surface area contributed by atoms with Gasteiger partial charge in [-0.15, -0.1) is 0 Å². The number of nitrogens with zero attached hydrogens (tertiary/aromatic N) is 3. The van der Waals surface area contributed by atoms with Crippen LogP contribution >= 0.6 is 0 Å². The van der Waals surface area contributed by atoms with Crippen molar-refractivity contribution in [1.29, 1.82) is 0 Å². The van der Waals surface area contributed by atoms with E-state index >= 15 is 0 Å². The van der Waals surface area contributed by atoms with Gasteiger partial charge in [0.1, 0.15) is 5.70 Å². The summed E-state index contributed by atoms with van der Waals surface area (Å²) in [5.41, 5.74) is 1.52. The maximum absolute atomic E-state index is 12.4. The molecule has 1 aliphatic heterocycles. The summed E-state index contributed by atoms with van der Waals surface area (Å²) in [6.45, 7) is 1.94. The van der Waals surface area contributed by atoms with Gasteiger partial charge in [0, 0.05) is 23.9 Å². The van der Waals surface area contributed by atoms with Crippen LogP contribution in [-0.2, 0) is 25.5 Å². The van der Waals surface area contributed by atoms with Gasteiger partial charge in [-0.05, 0) is 36.4 Å². The zero-order valence-electron chi connectivity index (χ0n) is 15.7. The van der Waals surface area contributed by atoms with Crippen LogP contribution in [-0.4, -0.2) is 36.3 Å². The number of methoxy groups -OCH3 is 2. The second kappa shape index (κ2) is 8.34. The molecule has 3 rings (SSSR count). The van der Waals surface area contributed by atoms with E-state index in [1.165, 1.54) is 20.3 Å². The third-order valence-electron chi connectivity index (χ3n) is 4.07. The fourth-order valence-electron chi connectivity index (χ4n) is 2.65. The smallest absolute Gasteiger partial charge is 0.355 e. The summed E-state index contributed by atoms with van der Waals surface area (Å²) in [7, 11) is 2.51. The lowest BCUT2D eigenvalue weighted by Crippen LogP contribution is -2.26. The van der Waals surface area contributed by atoms with Crippen LogP contribution in [0, 0.1) is 0 Å². The van der Waals surface area contributed by atoms with E-state index in [1.807, 2.05) is 6.92 Å². The molecule has 0 saturated heterocycles. The second-order valence-corrected chi connectivity index (χ2v) is 5.73. The lowest BCUT2D eigenvalue weighted by atomic mass is 10.1. The zero-order valence-corrected chi connectivity index (χ0v) is 15.7. The van der Waals surface area contributed by atoms with E-state index in [1.54, 1.807) is 47.5 Å².